The molecule has 0 bridgehead atoms. The van der Waals surface area contributed by atoms with E-state index in [1.54, 1.807) is 6.07 Å². The van der Waals surface area contributed by atoms with E-state index in [9.17, 15) is 4.39 Å². The van der Waals surface area contributed by atoms with Gasteiger partial charge in [0, 0.05) is 31.4 Å². The second-order valence-corrected chi connectivity index (χ2v) is 6.46. The molecule has 1 aliphatic rings. The summed E-state index contributed by atoms with van der Waals surface area (Å²) in [6.45, 7) is 6.86. The van der Waals surface area contributed by atoms with Crippen LogP contribution in [0.4, 0.5) is 10.1 Å². The van der Waals surface area contributed by atoms with Crippen molar-refractivity contribution in [3.05, 3.63) is 29.6 Å². The predicted molar refractivity (Wildman–Crippen MR) is 82.5 cm³/mol. The average Bonchev–Trinajstić information content (AvgIpc) is 2.65. The van der Waals surface area contributed by atoms with E-state index in [1.807, 2.05) is 23.9 Å². The molecule has 2 nitrogen and oxygen atoms in total. The first-order chi connectivity index (χ1) is 9.18. The van der Waals surface area contributed by atoms with Crippen LogP contribution in [-0.2, 0) is 6.54 Å². The maximum atomic E-state index is 14.2. The van der Waals surface area contributed by atoms with Gasteiger partial charge in [0.05, 0.1) is 5.69 Å². The second-order valence-electron chi connectivity index (χ2n) is 5.24. The van der Waals surface area contributed by atoms with Crippen LogP contribution in [0.25, 0.3) is 0 Å². The van der Waals surface area contributed by atoms with Gasteiger partial charge in [-0.05, 0) is 23.8 Å². The number of thioether (sulfide) groups is 1. The number of hydrogen-bond donors (Lipinski definition) is 1. The Morgan fingerprint density at radius 2 is 2.16 bits per heavy atom. The van der Waals surface area contributed by atoms with Crippen LogP contribution in [-0.4, -0.2) is 30.6 Å². The van der Waals surface area contributed by atoms with Gasteiger partial charge in [-0.25, -0.2) is 4.39 Å². The summed E-state index contributed by atoms with van der Waals surface area (Å²) in [5.74, 6) is 2.19. The van der Waals surface area contributed by atoms with Crippen molar-refractivity contribution < 1.29 is 4.39 Å². The van der Waals surface area contributed by atoms with Crippen LogP contribution in [0.2, 0.25) is 0 Å². The lowest BCUT2D eigenvalue weighted by molar-refractivity contribution is 0.578. The highest BCUT2D eigenvalue weighted by atomic mass is 32.2. The number of benzene rings is 1. The Morgan fingerprint density at radius 3 is 2.95 bits per heavy atom. The number of rotatable bonds is 4. The van der Waals surface area contributed by atoms with Crippen molar-refractivity contribution >= 4 is 17.4 Å². The highest BCUT2D eigenvalue weighted by molar-refractivity contribution is 7.99. The molecule has 0 aromatic heterocycles. The molecule has 0 amide bonds. The van der Waals surface area contributed by atoms with Gasteiger partial charge in [0.2, 0.25) is 0 Å². The van der Waals surface area contributed by atoms with E-state index in [4.69, 9.17) is 0 Å². The van der Waals surface area contributed by atoms with Gasteiger partial charge in [-0.15, -0.1) is 0 Å². The number of anilines is 1. The lowest BCUT2D eigenvalue weighted by Gasteiger charge is -2.26. The molecule has 1 aliphatic heterocycles. The Morgan fingerprint density at radius 1 is 1.32 bits per heavy atom. The number of hydrogen-bond acceptors (Lipinski definition) is 3. The molecular weight excluding hydrogens is 259 g/mol. The maximum Gasteiger partial charge on any atom is 0.146 e. The van der Waals surface area contributed by atoms with Crippen molar-refractivity contribution in [3.8, 4) is 0 Å². The molecule has 1 aromatic rings. The van der Waals surface area contributed by atoms with Crippen LogP contribution in [0, 0.1) is 5.82 Å². The zero-order valence-electron chi connectivity index (χ0n) is 11.8. The van der Waals surface area contributed by atoms with Gasteiger partial charge in [-0.3, -0.25) is 0 Å². The highest BCUT2D eigenvalue weighted by Crippen LogP contribution is 2.26. The standard InChI is InChI=1S/C15H23FN2S/c1-12(2)17-11-13-5-3-6-14(16)15(13)18-7-4-9-19-10-8-18/h3,5-6,12,17H,4,7-11H2,1-2H3. The molecule has 0 atom stereocenters. The number of nitrogens with one attached hydrogen (secondary N) is 1. The van der Waals surface area contributed by atoms with Crippen molar-refractivity contribution in [2.75, 3.05) is 29.5 Å². The van der Waals surface area contributed by atoms with E-state index in [-0.39, 0.29) is 5.82 Å². The van der Waals surface area contributed by atoms with Gasteiger partial charge in [-0.1, -0.05) is 26.0 Å². The maximum absolute atomic E-state index is 14.2. The Hall–Kier alpha value is -0.740. The van der Waals surface area contributed by atoms with Crippen LogP contribution in [0.15, 0.2) is 18.2 Å². The fraction of sp³-hybridized carbons (Fsp3) is 0.600. The van der Waals surface area contributed by atoms with E-state index in [1.165, 1.54) is 5.75 Å². The quantitative estimate of drug-likeness (QED) is 0.912. The van der Waals surface area contributed by atoms with Crippen molar-refractivity contribution in [1.82, 2.24) is 5.32 Å². The Balaban J connectivity index is 2.20. The molecule has 1 fully saturated rings. The summed E-state index contributed by atoms with van der Waals surface area (Å²) in [7, 11) is 0. The Labute approximate surface area is 119 Å². The molecule has 0 spiro atoms. The van der Waals surface area contributed by atoms with Crippen molar-refractivity contribution in [3.63, 3.8) is 0 Å². The molecular formula is C15H23FN2S. The van der Waals surface area contributed by atoms with Gasteiger partial charge < -0.3 is 10.2 Å². The SMILES string of the molecule is CC(C)NCc1cccc(F)c1N1CCCSCC1. The van der Waals surface area contributed by atoms with Gasteiger partial charge in [-0.2, -0.15) is 11.8 Å². The topological polar surface area (TPSA) is 15.3 Å². The normalized spacial score (nSPS) is 16.7. The third-order valence-electron chi connectivity index (χ3n) is 3.31. The summed E-state index contributed by atoms with van der Waals surface area (Å²) in [4.78, 5) is 2.21. The monoisotopic (exact) mass is 282 g/mol. The van der Waals surface area contributed by atoms with Crippen LogP contribution in [0.1, 0.15) is 25.8 Å². The first-order valence-corrected chi connectivity index (χ1v) is 8.17. The van der Waals surface area contributed by atoms with Gasteiger partial charge in [0.25, 0.3) is 0 Å². The van der Waals surface area contributed by atoms with Gasteiger partial charge >= 0.3 is 0 Å². The zero-order valence-corrected chi connectivity index (χ0v) is 12.6. The third kappa shape index (κ3) is 4.11. The van der Waals surface area contributed by atoms with E-state index in [0.717, 1.165) is 43.1 Å². The molecule has 1 heterocycles. The molecule has 2 rings (SSSR count). The highest BCUT2D eigenvalue weighted by Gasteiger charge is 2.17. The summed E-state index contributed by atoms with van der Waals surface area (Å²) < 4.78 is 14.2. The van der Waals surface area contributed by atoms with Crippen LogP contribution < -0.4 is 10.2 Å². The molecule has 4 heteroatoms. The molecule has 0 saturated carbocycles. The van der Waals surface area contributed by atoms with Gasteiger partial charge in [0.1, 0.15) is 5.82 Å². The summed E-state index contributed by atoms with van der Waals surface area (Å²) in [5.41, 5.74) is 1.87. The first kappa shape index (κ1) is 14.7. The Bertz CT molecular complexity index is 401. The summed E-state index contributed by atoms with van der Waals surface area (Å²) in [5, 5.41) is 3.39. The average molecular weight is 282 g/mol. The minimum Gasteiger partial charge on any atom is -0.368 e. The van der Waals surface area contributed by atoms with Crippen molar-refractivity contribution in [2.45, 2.75) is 32.9 Å². The van der Waals surface area contributed by atoms with Crippen LogP contribution in [0.3, 0.4) is 0 Å². The first-order valence-electron chi connectivity index (χ1n) is 7.02. The molecule has 19 heavy (non-hydrogen) atoms. The second kappa shape index (κ2) is 7.15. The minimum atomic E-state index is -0.0880. The molecule has 0 unspecified atom stereocenters. The van der Waals surface area contributed by atoms with E-state index in [2.05, 4.69) is 24.1 Å². The molecule has 1 aromatic carbocycles. The molecule has 0 aliphatic carbocycles. The smallest absolute Gasteiger partial charge is 0.146 e. The van der Waals surface area contributed by atoms with Crippen molar-refractivity contribution in [1.29, 1.82) is 0 Å². The summed E-state index contributed by atoms with van der Waals surface area (Å²) in [6.07, 6.45) is 1.13. The molecule has 1 N–H and O–H groups in total. The fourth-order valence-electron chi connectivity index (χ4n) is 2.34. The number of halogens is 1. The Kier molecular flexibility index (Phi) is 5.52. The van der Waals surface area contributed by atoms with Crippen LogP contribution >= 0.6 is 11.8 Å². The lowest BCUT2D eigenvalue weighted by atomic mass is 10.1. The summed E-state index contributed by atoms with van der Waals surface area (Å²) >= 11 is 1.96. The fourth-order valence-corrected chi connectivity index (χ4v) is 3.23. The third-order valence-corrected chi connectivity index (χ3v) is 4.36. The van der Waals surface area contributed by atoms with E-state index < -0.39 is 0 Å². The van der Waals surface area contributed by atoms with E-state index >= 15 is 0 Å². The molecule has 0 radical (unpaired) electrons. The predicted octanol–water partition coefficient (Wildman–Crippen LogP) is 3.27. The van der Waals surface area contributed by atoms with Gasteiger partial charge in [0.15, 0.2) is 0 Å². The van der Waals surface area contributed by atoms with E-state index in [0.29, 0.717) is 6.04 Å². The number of para-hydroxylation sites is 1. The zero-order chi connectivity index (χ0) is 13.7. The number of nitrogens with zero attached hydrogens (tertiary/aromatic N) is 1. The lowest BCUT2D eigenvalue weighted by Crippen LogP contribution is -2.29. The molecule has 106 valence electrons. The minimum absolute atomic E-state index is 0.0880. The molecule has 1 saturated heterocycles. The summed E-state index contributed by atoms with van der Waals surface area (Å²) in [6, 6.07) is 5.83. The largest absolute Gasteiger partial charge is 0.368 e. The van der Waals surface area contributed by atoms with Crippen molar-refractivity contribution in [2.24, 2.45) is 0 Å². The van der Waals surface area contributed by atoms with Crippen LogP contribution in [0.5, 0.6) is 0 Å².